The third-order valence-electron chi connectivity index (χ3n) is 5.02. The van der Waals surface area contributed by atoms with Crippen molar-refractivity contribution in [1.82, 2.24) is 5.32 Å². The summed E-state index contributed by atoms with van der Waals surface area (Å²) < 4.78 is 0. The summed E-state index contributed by atoms with van der Waals surface area (Å²) in [6.07, 6.45) is 13.4. The average molecular weight is 353 g/mol. The molecule has 2 aliphatic rings. The molecule has 3 rings (SSSR count). The molecule has 5 heteroatoms. The fourth-order valence-corrected chi connectivity index (χ4v) is 4.43. The molecule has 1 fully saturated rings. The van der Waals surface area contributed by atoms with E-state index >= 15 is 0 Å². The molecular weight excluding hydrogens is 328 g/mol. The number of benzene rings is 1. The van der Waals surface area contributed by atoms with Gasteiger partial charge in [-0.2, -0.15) is 5.26 Å². The summed E-state index contributed by atoms with van der Waals surface area (Å²) >= 11 is 1.54. The molecule has 1 aliphatic heterocycles. The molecule has 0 saturated heterocycles. The lowest BCUT2D eigenvalue weighted by Crippen LogP contribution is -2.23. The van der Waals surface area contributed by atoms with Gasteiger partial charge in [0.15, 0.2) is 0 Å². The van der Waals surface area contributed by atoms with Crippen LogP contribution in [0.5, 0.6) is 0 Å². The first kappa shape index (κ1) is 17.8. The molecule has 1 aromatic rings. The number of hydrogen-bond donors (Lipinski definition) is 1. The molecule has 1 N–H and O–H groups in total. The molecule has 1 aliphatic carbocycles. The second-order valence-corrected chi connectivity index (χ2v) is 7.82. The fourth-order valence-electron chi connectivity index (χ4n) is 3.61. The van der Waals surface area contributed by atoms with Gasteiger partial charge in [-0.1, -0.05) is 30.7 Å². The Morgan fingerprint density at radius 1 is 1.16 bits per heavy atom. The van der Waals surface area contributed by atoms with E-state index in [4.69, 9.17) is 5.26 Å². The van der Waals surface area contributed by atoms with Gasteiger partial charge in [0.25, 0.3) is 0 Å². The van der Waals surface area contributed by atoms with Gasteiger partial charge in [-0.25, -0.2) is 4.99 Å². The highest BCUT2D eigenvalue weighted by molar-refractivity contribution is 8.15. The van der Waals surface area contributed by atoms with Crippen molar-refractivity contribution in [3.8, 4) is 6.07 Å². The van der Waals surface area contributed by atoms with Crippen LogP contribution < -0.4 is 5.32 Å². The highest BCUT2D eigenvalue weighted by Gasteiger charge is 2.32. The second-order valence-electron chi connectivity index (χ2n) is 6.72. The Morgan fingerprint density at radius 2 is 2.04 bits per heavy atom. The molecule has 0 amide bonds. The Bertz CT molecular complexity index is 709. The van der Waals surface area contributed by atoms with E-state index in [-0.39, 0.29) is 0 Å². The summed E-state index contributed by atoms with van der Waals surface area (Å²) in [6, 6.07) is 9.76. The Morgan fingerprint density at radius 3 is 2.88 bits per heavy atom. The van der Waals surface area contributed by atoms with E-state index in [0.717, 1.165) is 29.4 Å². The summed E-state index contributed by atoms with van der Waals surface area (Å²) in [7, 11) is 0. The van der Waals surface area contributed by atoms with E-state index in [1.807, 2.05) is 36.7 Å². The van der Waals surface area contributed by atoms with Crippen LogP contribution in [0.2, 0.25) is 0 Å². The van der Waals surface area contributed by atoms with Crippen LogP contribution in [0.4, 0.5) is 0 Å². The molecule has 0 unspecified atom stereocenters. The third kappa shape index (κ3) is 5.20. The van der Waals surface area contributed by atoms with E-state index in [2.05, 4.69) is 21.4 Å². The number of rotatable bonds is 1. The Labute approximate surface area is 154 Å². The van der Waals surface area contributed by atoms with E-state index in [9.17, 15) is 0 Å². The highest BCUT2D eigenvalue weighted by Crippen LogP contribution is 2.43. The number of hydrogen-bond acceptors (Lipinski definition) is 5. The van der Waals surface area contributed by atoms with Crippen molar-refractivity contribution in [2.45, 2.75) is 43.4 Å². The van der Waals surface area contributed by atoms with Crippen molar-refractivity contribution in [2.75, 3.05) is 13.1 Å². The summed E-state index contributed by atoms with van der Waals surface area (Å²) in [5.41, 5.74) is 1.14. The highest BCUT2D eigenvalue weighted by atomic mass is 32.2. The predicted molar refractivity (Wildman–Crippen MR) is 105 cm³/mol. The summed E-state index contributed by atoms with van der Waals surface area (Å²) in [5.74, 6) is 0. The minimum Gasteiger partial charge on any atom is -0.390 e. The number of nitriles is 1. The molecule has 1 heterocycles. The Kier molecular flexibility index (Phi) is 6.30. The lowest BCUT2D eigenvalue weighted by Gasteiger charge is -2.28. The molecular formula is C20H24N4S. The van der Waals surface area contributed by atoms with E-state index in [0.29, 0.717) is 11.0 Å². The third-order valence-corrected chi connectivity index (χ3v) is 5.93. The van der Waals surface area contributed by atoms with Gasteiger partial charge >= 0.3 is 0 Å². The van der Waals surface area contributed by atoms with Crippen molar-refractivity contribution in [1.29, 1.82) is 5.26 Å². The fraction of sp³-hybridized carbons (Fsp3) is 0.450. The van der Waals surface area contributed by atoms with Gasteiger partial charge in [-0.05, 0) is 49.3 Å². The first-order chi connectivity index (χ1) is 12.3. The van der Waals surface area contributed by atoms with Crippen molar-refractivity contribution in [3.05, 3.63) is 42.2 Å². The SMILES string of the molecule is N#Cc1cccc(SC2=N/C=C/NCCC3(CCCC3)CC/N=C\2)c1. The lowest BCUT2D eigenvalue weighted by molar-refractivity contribution is 0.253. The largest absolute Gasteiger partial charge is 0.390 e. The maximum Gasteiger partial charge on any atom is 0.119 e. The Hall–Kier alpha value is -2.06. The van der Waals surface area contributed by atoms with Crippen LogP contribution >= 0.6 is 11.8 Å². The van der Waals surface area contributed by atoms with Crippen LogP contribution in [0, 0.1) is 16.7 Å². The summed E-state index contributed by atoms with van der Waals surface area (Å²) in [5, 5.41) is 13.3. The smallest absolute Gasteiger partial charge is 0.119 e. The lowest BCUT2D eigenvalue weighted by atomic mass is 9.79. The monoisotopic (exact) mass is 352 g/mol. The standard InChI is InChI=1S/C20H24N4S/c21-15-17-4-3-5-18(14-17)25-19-16-23-11-9-20(6-1-2-7-20)8-10-22-12-13-24-19/h3-5,12-14,16,22H,1-2,6-11H2/b13-12+,23-16-,24-19+. The van der Waals surface area contributed by atoms with Gasteiger partial charge in [0.1, 0.15) is 5.04 Å². The van der Waals surface area contributed by atoms with Gasteiger partial charge in [0.2, 0.25) is 0 Å². The summed E-state index contributed by atoms with van der Waals surface area (Å²) in [4.78, 5) is 10.2. The zero-order valence-electron chi connectivity index (χ0n) is 14.4. The molecule has 1 aromatic carbocycles. The normalized spacial score (nSPS) is 24.8. The molecule has 0 bridgehead atoms. The molecule has 4 nitrogen and oxygen atoms in total. The van der Waals surface area contributed by atoms with Crippen LogP contribution in [0.3, 0.4) is 0 Å². The minimum absolute atomic E-state index is 0.475. The first-order valence-electron chi connectivity index (χ1n) is 8.94. The van der Waals surface area contributed by atoms with E-state index in [1.165, 1.54) is 43.9 Å². The average Bonchev–Trinajstić information content (AvgIpc) is 3.09. The molecule has 1 saturated carbocycles. The van der Waals surface area contributed by atoms with Crippen LogP contribution in [-0.4, -0.2) is 24.3 Å². The maximum atomic E-state index is 9.04. The van der Waals surface area contributed by atoms with Crippen LogP contribution in [0.15, 0.2) is 51.5 Å². The van der Waals surface area contributed by atoms with Crippen LogP contribution in [0.1, 0.15) is 44.1 Å². The maximum absolute atomic E-state index is 9.04. The minimum atomic E-state index is 0.475. The van der Waals surface area contributed by atoms with Crippen molar-refractivity contribution < 1.29 is 0 Å². The van der Waals surface area contributed by atoms with Crippen molar-refractivity contribution >= 4 is 23.0 Å². The molecule has 0 radical (unpaired) electrons. The van der Waals surface area contributed by atoms with Crippen LogP contribution in [-0.2, 0) is 0 Å². The zero-order valence-corrected chi connectivity index (χ0v) is 15.3. The second kappa shape index (κ2) is 8.87. The summed E-state index contributed by atoms with van der Waals surface area (Å²) in [6.45, 7) is 1.87. The van der Waals surface area contributed by atoms with Gasteiger partial charge in [0, 0.05) is 30.4 Å². The number of thioether (sulfide) groups is 1. The molecule has 25 heavy (non-hydrogen) atoms. The molecule has 1 spiro atoms. The molecule has 0 atom stereocenters. The number of nitrogens with one attached hydrogen (secondary N) is 1. The van der Waals surface area contributed by atoms with Crippen molar-refractivity contribution in [2.24, 2.45) is 15.4 Å². The van der Waals surface area contributed by atoms with Gasteiger partial charge in [-0.3, -0.25) is 4.99 Å². The van der Waals surface area contributed by atoms with Gasteiger partial charge in [0.05, 0.1) is 17.8 Å². The molecule has 0 aromatic heterocycles. The zero-order chi connectivity index (χ0) is 17.4. The van der Waals surface area contributed by atoms with E-state index in [1.54, 1.807) is 6.20 Å². The van der Waals surface area contributed by atoms with Gasteiger partial charge < -0.3 is 5.32 Å². The van der Waals surface area contributed by atoms with Crippen LogP contribution in [0.25, 0.3) is 0 Å². The Balaban J connectivity index is 1.71. The molecule has 130 valence electrons. The topological polar surface area (TPSA) is 60.5 Å². The van der Waals surface area contributed by atoms with E-state index < -0.39 is 0 Å². The van der Waals surface area contributed by atoms with Crippen molar-refractivity contribution in [3.63, 3.8) is 0 Å². The first-order valence-corrected chi connectivity index (χ1v) is 9.75. The number of aliphatic imine (C=N–C) groups is 2. The predicted octanol–water partition coefficient (Wildman–Crippen LogP) is 4.53. The van der Waals surface area contributed by atoms with Gasteiger partial charge in [-0.15, -0.1) is 0 Å². The quantitative estimate of drug-likeness (QED) is 0.807. The number of nitrogens with zero attached hydrogens (tertiary/aromatic N) is 3.